The first kappa shape index (κ1) is 20.2. The molecular weight excluding hydrogens is 394 g/mol. The molecule has 0 aliphatic carbocycles. The van der Waals surface area contributed by atoms with Crippen molar-refractivity contribution in [1.29, 1.82) is 0 Å². The lowest BCUT2D eigenvalue weighted by Gasteiger charge is -2.17. The van der Waals surface area contributed by atoms with E-state index in [1.807, 2.05) is 49.4 Å². The number of rotatable bonds is 6. The molecule has 0 saturated carbocycles. The van der Waals surface area contributed by atoms with E-state index in [9.17, 15) is 4.79 Å². The van der Waals surface area contributed by atoms with Crippen LogP contribution in [0.25, 0.3) is 10.8 Å². The molecule has 4 rings (SSSR count). The van der Waals surface area contributed by atoms with E-state index < -0.39 is 0 Å². The zero-order valence-corrected chi connectivity index (χ0v) is 17.8. The number of hydrogen-bond acceptors (Lipinski definition) is 5. The van der Waals surface area contributed by atoms with Crippen LogP contribution in [-0.2, 0) is 11.3 Å². The van der Waals surface area contributed by atoms with Crippen LogP contribution in [0.3, 0.4) is 0 Å². The molecule has 0 unspecified atom stereocenters. The highest BCUT2D eigenvalue weighted by Gasteiger charge is 2.37. The molecular formula is C24H23N3O2S. The zero-order chi connectivity index (χ0) is 20.9. The van der Waals surface area contributed by atoms with Crippen LogP contribution in [-0.4, -0.2) is 34.5 Å². The molecule has 1 aliphatic heterocycles. The second kappa shape index (κ2) is 9.13. The molecule has 1 atom stereocenters. The van der Waals surface area contributed by atoms with Gasteiger partial charge in [-0.3, -0.25) is 9.69 Å². The van der Waals surface area contributed by atoms with Gasteiger partial charge in [-0.25, -0.2) is 0 Å². The number of amidine groups is 1. The van der Waals surface area contributed by atoms with Crippen LogP contribution in [0.4, 0.5) is 0 Å². The van der Waals surface area contributed by atoms with Gasteiger partial charge in [-0.15, -0.1) is 5.10 Å². The van der Waals surface area contributed by atoms with E-state index in [4.69, 9.17) is 4.74 Å². The number of fused-ring (bicyclic) bond motifs is 1. The Morgan fingerprint density at radius 3 is 2.67 bits per heavy atom. The predicted molar refractivity (Wildman–Crippen MR) is 124 cm³/mol. The van der Waals surface area contributed by atoms with Gasteiger partial charge in [0.2, 0.25) is 5.91 Å². The minimum Gasteiger partial charge on any atom is -0.496 e. The highest BCUT2D eigenvalue weighted by molar-refractivity contribution is 8.15. The molecule has 0 N–H and O–H groups in total. The topological polar surface area (TPSA) is 54.3 Å². The minimum absolute atomic E-state index is 0.0849. The first-order valence-corrected chi connectivity index (χ1v) is 10.8. The van der Waals surface area contributed by atoms with Crippen molar-refractivity contribution in [2.45, 2.75) is 25.1 Å². The standard InChI is InChI=1S/C24H23N3O2S/c1-3-22-23(28)27(16-19-12-8-11-17-9-4-6-13-20(17)19)24(30-22)26-25-15-18-10-5-7-14-21(18)29-2/h4-15,22H,3,16H2,1-2H3/b25-15-,26-24+/t22-/m0/s1. The third-order valence-corrected chi connectivity index (χ3v) is 6.41. The molecule has 6 heteroatoms. The van der Waals surface area contributed by atoms with Gasteiger partial charge in [-0.2, -0.15) is 5.10 Å². The lowest BCUT2D eigenvalue weighted by molar-refractivity contribution is -0.126. The Balaban J connectivity index is 1.63. The molecule has 1 amide bonds. The summed E-state index contributed by atoms with van der Waals surface area (Å²) in [5.74, 6) is 0.817. The SMILES string of the molecule is CC[C@@H]1S/C(=N/N=C\c2ccccc2OC)N(Cc2cccc3ccccc23)C1=O. The minimum atomic E-state index is -0.125. The number of carbonyl (C=O) groups is 1. The summed E-state index contributed by atoms with van der Waals surface area (Å²) in [4.78, 5) is 14.7. The second-order valence-electron chi connectivity index (χ2n) is 6.95. The van der Waals surface area contributed by atoms with Gasteiger partial charge in [-0.05, 0) is 34.9 Å². The van der Waals surface area contributed by atoms with Gasteiger partial charge in [0.05, 0.1) is 25.1 Å². The fourth-order valence-electron chi connectivity index (χ4n) is 3.50. The van der Waals surface area contributed by atoms with E-state index in [-0.39, 0.29) is 11.2 Å². The Morgan fingerprint density at radius 1 is 1.07 bits per heavy atom. The average molecular weight is 418 g/mol. The third kappa shape index (κ3) is 4.09. The van der Waals surface area contributed by atoms with Crippen molar-refractivity contribution in [3.63, 3.8) is 0 Å². The maximum absolute atomic E-state index is 13.0. The number of amides is 1. The van der Waals surface area contributed by atoms with Crippen molar-refractivity contribution in [2.24, 2.45) is 10.2 Å². The van der Waals surface area contributed by atoms with Gasteiger partial charge < -0.3 is 4.74 Å². The van der Waals surface area contributed by atoms with Crippen molar-refractivity contribution in [1.82, 2.24) is 4.90 Å². The monoisotopic (exact) mass is 417 g/mol. The molecule has 1 heterocycles. The van der Waals surface area contributed by atoms with Crippen LogP contribution in [0, 0.1) is 0 Å². The molecule has 0 bridgehead atoms. The summed E-state index contributed by atoms with van der Waals surface area (Å²) >= 11 is 1.48. The molecule has 1 saturated heterocycles. The van der Waals surface area contributed by atoms with E-state index >= 15 is 0 Å². The average Bonchev–Trinajstić information content (AvgIpc) is 3.09. The van der Waals surface area contributed by atoms with Gasteiger partial charge in [-0.1, -0.05) is 73.3 Å². The molecule has 3 aromatic rings. The molecule has 5 nitrogen and oxygen atoms in total. The van der Waals surface area contributed by atoms with E-state index in [1.165, 1.54) is 11.8 Å². The van der Waals surface area contributed by atoms with Crippen molar-refractivity contribution < 1.29 is 9.53 Å². The van der Waals surface area contributed by atoms with Crippen molar-refractivity contribution >= 4 is 39.8 Å². The van der Waals surface area contributed by atoms with Crippen molar-refractivity contribution in [3.8, 4) is 5.75 Å². The Hall–Kier alpha value is -3.12. The van der Waals surface area contributed by atoms with Crippen LogP contribution in [0.2, 0.25) is 0 Å². The van der Waals surface area contributed by atoms with E-state index in [0.717, 1.165) is 34.1 Å². The number of thioether (sulfide) groups is 1. The van der Waals surface area contributed by atoms with Gasteiger partial charge in [0.1, 0.15) is 5.75 Å². The maximum Gasteiger partial charge on any atom is 0.242 e. The smallest absolute Gasteiger partial charge is 0.242 e. The fourth-order valence-corrected chi connectivity index (χ4v) is 4.53. The molecule has 0 spiro atoms. The summed E-state index contributed by atoms with van der Waals surface area (Å²) < 4.78 is 5.35. The molecule has 30 heavy (non-hydrogen) atoms. The maximum atomic E-state index is 13.0. The molecule has 1 aliphatic rings. The summed E-state index contributed by atoms with van der Waals surface area (Å²) in [6.07, 6.45) is 2.41. The summed E-state index contributed by atoms with van der Waals surface area (Å²) in [5, 5.41) is 11.5. The lowest BCUT2D eigenvalue weighted by Crippen LogP contribution is -2.31. The first-order chi connectivity index (χ1) is 14.7. The number of methoxy groups -OCH3 is 1. The van der Waals surface area contributed by atoms with Gasteiger partial charge in [0.25, 0.3) is 0 Å². The lowest BCUT2D eigenvalue weighted by atomic mass is 10.0. The van der Waals surface area contributed by atoms with Crippen LogP contribution in [0.5, 0.6) is 5.75 Å². The van der Waals surface area contributed by atoms with Gasteiger partial charge >= 0.3 is 0 Å². The van der Waals surface area contributed by atoms with E-state index in [2.05, 4.69) is 34.5 Å². The van der Waals surface area contributed by atoms with E-state index in [1.54, 1.807) is 18.2 Å². The predicted octanol–water partition coefficient (Wildman–Crippen LogP) is 5.09. The zero-order valence-electron chi connectivity index (χ0n) is 17.0. The molecule has 1 fully saturated rings. The fraction of sp³-hybridized carbons (Fsp3) is 0.208. The van der Waals surface area contributed by atoms with E-state index in [0.29, 0.717) is 11.7 Å². The Bertz CT molecular complexity index is 1120. The van der Waals surface area contributed by atoms with Gasteiger partial charge in [0.15, 0.2) is 5.17 Å². The van der Waals surface area contributed by atoms with Crippen LogP contribution in [0.15, 0.2) is 76.9 Å². The Labute approximate surface area is 180 Å². The highest BCUT2D eigenvalue weighted by Crippen LogP contribution is 2.32. The van der Waals surface area contributed by atoms with Gasteiger partial charge in [0, 0.05) is 5.56 Å². The normalized spacial score (nSPS) is 18.1. The molecule has 3 aromatic carbocycles. The quantitative estimate of drug-likeness (QED) is 0.415. The van der Waals surface area contributed by atoms with Crippen LogP contribution in [0.1, 0.15) is 24.5 Å². The number of hydrogen-bond donors (Lipinski definition) is 0. The molecule has 0 radical (unpaired) electrons. The summed E-state index contributed by atoms with van der Waals surface area (Å²) in [7, 11) is 1.63. The second-order valence-corrected chi connectivity index (χ2v) is 8.12. The molecule has 152 valence electrons. The number of benzene rings is 3. The summed E-state index contributed by atoms with van der Waals surface area (Å²) in [6.45, 7) is 2.50. The molecule has 0 aromatic heterocycles. The van der Waals surface area contributed by atoms with Crippen molar-refractivity contribution in [3.05, 3.63) is 77.9 Å². The van der Waals surface area contributed by atoms with Crippen LogP contribution < -0.4 is 4.74 Å². The number of ether oxygens (including phenoxy) is 1. The van der Waals surface area contributed by atoms with Crippen LogP contribution >= 0.6 is 11.8 Å². The number of para-hydroxylation sites is 1. The largest absolute Gasteiger partial charge is 0.496 e. The van der Waals surface area contributed by atoms with Crippen molar-refractivity contribution in [2.75, 3.05) is 7.11 Å². The Kier molecular flexibility index (Phi) is 6.14. The first-order valence-electron chi connectivity index (χ1n) is 9.90. The number of carbonyl (C=O) groups excluding carboxylic acids is 1. The summed E-state index contributed by atoms with van der Waals surface area (Å²) in [5.41, 5.74) is 1.94. The highest BCUT2D eigenvalue weighted by atomic mass is 32.2. The third-order valence-electron chi connectivity index (χ3n) is 5.08. The number of nitrogens with zero attached hydrogens (tertiary/aromatic N) is 3. The Morgan fingerprint density at radius 2 is 1.83 bits per heavy atom. The summed E-state index contributed by atoms with van der Waals surface area (Å²) in [6, 6.07) is 22.0.